The van der Waals surface area contributed by atoms with Gasteiger partial charge >= 0.3 is 0 Å². The summed E-state index contributed by atoms with van der Waals surface area (Å²) in [4.78, 5) is 16.4. The van der Waals surface area contributed by atoms with Crippen LogP contribution in [0.2, 0.25) is 0 Å². The van der Waals surface area contributed by atoms with Crippen LogP contribution in [0.1, 0.15) is 49.8 Å². The van der Waals surface area contributed by atoms with Crippen LogP contribution < -0.4 is 10.0 Å². The predicted molar refractivity (Wildman–Crippen MR) is 161 cm³/mol. The number of carbonyl (C=O) groups is 1. The average Bonchev–Trinajstić information content (AvgIpc) is 2.95. The summed E-state index contributed by atoms with van der Waals surface area (Å²) >= 11 is 0. The topological polar surface area (TPSA) is 78.5 Å². The first-order valence-electron chi connectivity index (χ1n) is 14.3. The molecule has 1 aliphatic rings. The molecule has 1 fully saturated rings. The third kappa shape index (κ3) is 7.80. The number of amides is 1. The lowest BCUT2D eigenvalue weighted by Gasteiger charge is -2.37. The zero-order valence-electron chi connectivity index (χ0n) is 24.1. The number of sulfonamides is 1. The molecular weight excluding hydrogens is 518 g/mol. The zero-order chi connectivity index (χ0) is 28.7. The Labute approximate surface area is 240 Å². The minimum absolute atomic E-state index is 0.00322. The molecule has 214 valence electrons. The molecule has 0 radical (unpaired) electrons. The lowest BCUT2D eigenvalue weighted by Crippen LogP contribution is -2.51. The molecule has 2 N–H and O–H groups in total. The van der Waals surface area contributed by atoms with E-state index in [-0.39, 0.29) is 34.6 Å². The molecule has 3 aromatic carbocycles. The monoisotopic (exact) mass is 561 g/mol. The molecule has 0 aromatic heterocycles. The van der Waals surface area contributed by atoms with Gasteiger partial charge in [0.05, 0.1) is 10.8 Å². The van der Waals surface area contributed by atoms with Crippen molar-refractivity contribution in [2.45, 2.75) is 57.5 Å². The highest BCUT2D eigenvalue weighted by atomic mass is 32.2. The number of nitrogens with zero attached hydrogens (tertiary/aromatic N) is 1. The first-order chi connectivity index (χ1) is 19.1. The van der Waals surface area contributed by atoms with E-state index in [1.807, 2.05) is 43.0 Å². The summed E-state index contributed by atoms with van der Waals surface area (Å²) in [6, 6.07) is 27.1. The largest absolute Gasteiger partial charge is 0.337 e. The minimum atomic E-state index is -3.65. The van der Waals surface area contributed by atoms with E-state index in [9.17, 15) is 13.2 Å². The van der Waals surface area contributed by atoms with Gasteiger partial charge in [-0.25, -0.2) is 13.1 Å². The van der Waals surface area contributed by atoms with Gasteiger partial charge in [0.25, 0.3) is 0 Å². The Balaban J connectivity index is 1.50. The summed E-state index contributed by atoms with van der Waals surface area (Å²) in [7, 11) is -3.65. The van der Waals surface area contributed by atoms with Crippen LogP contribution in [0, 0.1) is 24.7 Å². The number of benzene rings is 3. The van der Waals surface area contributed by atoms with E-state index < -0.39 is 10.0 Å². The van der Waals surface area contributed by atoms with Crippen LogP contribution >= 0.6 is 0 Å². The van der Waals surface area contributed by atoms with E-state index >= 15 is 0 Å². The summed E-state index contributed by atoms with van der Waals surface area (Å²) < 4.78 is 28.9. The molecule has 0 saturated carbocycles. The summed E-state index contributed by atoms with van der Waals surface area (Å²) in [6.07, 6.45) is 0.631. The van der Waals surface area contributed by atoms with Gasteiger partial charge in [0.1, 0.15) is 0 Å². The number of aryl methyl sites for hydroxylation is 1. The maximum Gasteiger partial charge on any atom is 0.240 e. The van der Waals surface area contributed by atoms with Gasteiger partial charge < -0.3 is 10.2 Å². The van der Waals surface area contributed by atoms with E-state index in [2.05, 4.69) is 60.3 Å². The zero-order valence-corrected chi connectivity index (χ0v) is 24.9. The van der Waals surface area contributed by atoms with Gasteiger partial charge in [-0.2, -0.15) is 0 Å². The van der Waals surface area contributed by atoms with E-state index in [0.29, 0.717) is 38.5 Å². The maximum absolute atomic E-state index is 14.1. The van der Waals surface area contributed by atoms with E-state index in [0.717, 1.165) is 11.1 Å². The summed E-state index contributed by atoms with van der Waals surface area (Å²) in [5, 5.41) is 3.42. The van der Waals surface area contributed by atoms with Crippen LogP contribution in [0.4, 0.5) is 0 Å². The van der Waals surface area contributed by atoms with Gasteiger partial charge in [0.15, 0.2) is 0 Å². The van der Waals surface area contributed by atoms with Crippen molar-refractivity contribution in [3.05, 3.63) is 102 Å². The Hall–Kier alpha value is -3.00. The van der Waals surface area contributed by atoms with Crippen LogP contribution in [-0.2, 0) is 21.4 Å². The Morgan fingerprint density at radius 3 is 2.17 bits per heavy atom. The second-order valence-electron chi connectivity index (χ2n) is 11.5. The first kappa shape index (κ1) is 30.0. The summed E-state index contributed by atoms with van der Waals surface area (Å²) in [5.41, 5.74) is 3.35. The highest BCUT2D eigenvalue weighted by Gasteiger charge is 2.35. The highest BCUT2D eigenvalue weighted by Crippen LogP contribution is 2.29. The van der Waals surface area contributed by atoms with Crippen molar-refractivity contribution in [3.8, 4) is 0 Å². The van der Waals surface area contributed by atoms with Gasteiger partial charge in [0, 0.05) is 31.6 Å². The van der Waals surface area contributed by atoms with Gasteiger partial charge in [0.2, 0.25) is 15.9 Å². The van der Waals surface area contributed by atoms with E-state index in [4.69, 9.17) is 0 Å². The number of hydrogen-bond acceptors (Lipinski definition) is 4. The fourth-order valence-corrected chi connectivity index (χ4v) is 6.92. The number of nitrogens with one attached hydrogen (secondary N) is 2. The van der Waals surface area contributed by atoms with Gasteiger partial charge in [-0.3, -0.25) is 4.79 Å². The molecule has 0 spiro atoms. The summed E-state index contributed by atoms with van der Waals surface area (Å²) in [6.45, 7) is 10.7. The second kappa shape index (κ2) is 13.6. The summed E-state index contributed by atoms with van der Waals surface area (Å²) in [5.74, 6) is 0.466. The molecule has 40 heavy (non-hydrogen) atoms. The van der Waals surface area contributed by atoms with Crippen molar-refractivity contribution in [3.63, 3.8) is 0 Å². The molecular formula is C33H43N3O3S. The number of carbonyl (C=O) groups excluding carboxylic acids is 1. The fraction of sp³-hybridized carbons (Fsp3) is 0.424. The van der Waals surface area contributed by atoms with E-state index in [1.165, 1.54) is 5.56 Å². The van der Waals surface area contributed by atoms with Crippen molar-refractivity contribution in [1.82, 2.24) is 14.9 Å². The lowest BCUT2D eigenvalue weighted by atomic mass is 9.84. The molecule has 3 aromatic rings. The van der Waals surface area contributed by atoms with Gasteiger partial charge in [-0.15, -0.1) is 0 Å². The highest BCUT2D eigenvalue weighted by molar-refractivity contribution is 7.89. The van der Waals surface area contributed by atoms with Crippen LogP contribution in [0.15, 0.2) is 89.8 Å². The Kier molecular flexibility index (Phi) is 10.2. The molecule has 6 nitrogen and oxygen atoms in total. The predicted octanol–water partition coefficient (Wildman–Crippen LogP) is 5.36. The Morgan fingerprint density at radius 2 is 1.55 bits per heavy atom. The van der Waals surface area contributed by atoms with Crippen molar-refractivity contribution in [2.24, 2.45) is 17.8 Å². The quantitative estimate of drug-likeness (QED) is 0.331. The molecule has 0 aliphatic carbocycles. The molecule has 1 amide bonds. The molecule has 1 aliphatic heterocycles. The fourth-order valence-electron chi connectivity index (χ4n) is 5.60. The number of piperidine rings is 1. The molecule has 1 unspecified atom stereocenters. The van der Waals surface area contributed by atoms with Crippen LogP contribution in [0.3, 0.4) is 0 Å². The molecule has 4 atom stereocenters. The smallest absolute Gasteiger partial charge is 0.240 e. The molecule has 0 bridgehead atoms. The van der Waals surface area contributed by atoms with Gasteiger partial charge in [-0.05, 0) is 61.9 Å². The molecule has 4 rings (SSSR count). The molecule has 1 saturated heterocycles. The maximum atomic E-state index is 14.1. The van der Waals surface area contributed by atoms with Crippen molar-refractivity contribution in [2.75, 3.05) is 19.6 Å². The van der Waals surface area contributed by atoms with Crippen LogP contribution in [-0.4, -0.2) is 44.9 Å². The number of rotatable bonds is 11. The molecule has 7 heteroatoms. The molecule has 1 heterocycles. The van der Waals surface area contributed by atoms with Gasteiger partial charge in [-0.1, -0.05) is 92.2 Å². The normalized spacial score (nSPS) is 19.2. The van der Waals surface area contributed by atoms with Crippen molar-refractivity contribution >= 4 is 15.9 Å². The lowest BCUT2D eigenvalue weighted by molar-refractivity contribution is -0.137. The van der Waals surface area contributed by atoms with Crippen molar-refractivity contribution in [1.29, 1.82) is 0 Å². The van der Waals surface area contributed by atoms with Crippen LogP contribution in [0.5, 0.6) is 0 Å². The third-order valence-electron chi connectivity index (χ3n) is 8.09. The second-order valence-corrected chi connectivity index (χ2v) is 13.3. The first-order valence-corrected chi connectivity index (χ1v) is 15.8. The third-order valence-corrected chi connectivity index (χ3v) is 9.67. The standard InChI is InChI=1S/C33H43N3O3S/c1-24(2)32(28-13-9-6-10-14-28)23-36(22-27-11-7-5-8-12-27)33(37)30-19-29(20-34-21-30)26(4)35-40(38,39)31-17-15-25(3)16-18-31/h5-18,24,26,29-30,32,34-35H,19-23H2,1-4H3/t26-,29-,30+,32?/m1/s1. The van der Waals surface area contributed by atoms with Crippen molar-refractivity contribution < 1.29 is 13.2 Å². The minimum Gasteiger partial charge on any atom is -0.337 e. The average molecular weight is 562 g/mol. The van der Waals surface area contributed by atoms with Crippen LogP contribution in [0.25, 0.3) is 0 Å². The SMILES string of the molecule is Cc1ccc(S(=O)(=O)N[C@H](C)[C@H]2CNC[C@@H](C(=O)N(Cc3ccccc3)CC(c3ccccc3)C(C)C)C2)cc1. The van der Waals surface area contributed by atoms with E-state index in [1.54, 1.807) is 24.3 Å². The Morgan fingerprint density at radius 1 is 0.925 bits per heavy atom. The number of hydrogen-bond donors (Lipinski definition) is 2. The Bertz CT molecular complexity index is 1330.